The van der Waals surface area contributed by atoms with Crippen LogP contribution in [-0.4, -0.2) is 6.10 Å². The molecule has 82 valence electrons. The fourth-order valence-electron chi connectivity index (χ4n) is 0.939. The number of diazo groups is 1. The van der Waals surface area contributed by atoms with Crippen molar-refractivity contribution in [3.05, 3.63) is 27.9 Å². The molecule has 0 saturated heterocycles. The summed E-state index contributed by atoms with van der Waals surface area (Å²) in [5.41, 5.74) is -0.190. The number of halogens is 3. The third-order valence-electron chi connectivity index (χ3n) is 1.47. The average molecular weight is 251 g/mol. The number of hydrogen-bond donors (Lipinski definition) is 0. The van der Waals surface area contributed by atoms with Crippen molar-refractivity contribution in [2.45, 2.75) is 20.0 Å². The molecule has 3 nitrogen and oxygen atoms in total. The van der Waals surface area contributed by atoms with Crippen LogP contribution in [0.1, 0.15) is 13.8 Å². The van der Waals surface area contributed by atoms with Gasteiger partial charge < -0.3 is 17.1 Å². The lowest BCUT2D eigenvalue weighted by Gasteiger charge is -2.09. The van der Waals surface area contributed by atoms with Gasteiger partial charge in [-0.15, -0.1) is 0 Å². The van der Waals surface area contributed by atoms with Crippen LogP contribution in [-0.2, 0) is 0 Å². The summed E-state index contributed by atoms with van der Waals surface area (Å²) in [7, 11) is 0. The molecule has 0 amide bonds. The van der Waals surface area contributed by atoms with Gasteiger partial charge in [0.2, 0.25) is 11.2 Å². The summed E-state index contributed by atoms with van der Waals surface area (Å²) >= 11 is 5.71. The summed E-state index contributed by atoms with van der Waals surface area (Å²) in [4.78, 5) is 2.77. The second kappa shape index (κ2) is 5.74. The fourth-order valence-corrected chi connectivity index (χ4v) is 1.13. The predicted molar refractivity (Wildman–Crippen MR) is 51.9 cm³/mol. The maximum absolute atomic E-state index is 13.0. The molecular formula is C9H9Cl2FN2O. The Balaban J connectivity index is 0.00000196. The Morgan fingerprint density at radius 1 is 1.47 bits per heavy atom. The van der Waals surface area contributed by atoms with Gasteiger partial charge in [0.1, 0.15) is 5.75 Å². The van der Waals surface area contributed by atoms with E-state index in [1.807, 2.05) is 13.8 Å². The molecule has 0 heterocycles. The Kier molecular flexibility index (Phi) is 5.34. The quantitative estimate of drug-likeness (QED) is 0.727. The van der Waals surface area contributed by atoms with Crippen LogP contribution in [0.4, 0.5) is 10.1 Å². The molecule has 0 aliphatic rings. The van der Waals surface area contributed by atoms with E-state index in [4.69, 9.17) is 21.7 Å². The zero-order valence-corrected chi connectivity index (χ0v) is 9.68. The third kappa shape index (κ3) is 3.54. The molecule has 1 rings (SSSR count). The van der Waals surface area contributed by atoms with Gasteiger partial charge in [-0.05, 0) is 13.8 Å². The van der Waals surface area contributed by atoms with E-state index < -0.39 is 5.82 Å². The van der Waals surface area contributed by atoms with Gasteiger partial charge in [0.25, 0.3) is 0 Å². The summed E-state index contributed by atoms with van der Waals surface area (Å²) < 4.78 is 18.2. The first kappa shape index (κ1) is 13.9. The lowest BCUT2D eigenvalue weighted by Crippen LogP contribution is -3.00. The minimum Gasteiger partial charge on any atom is -1.00 e. The highest BCUT2D eigenvalue weighted by Gasteiger charge is 2.19. The molecule has 1 aromatic carbocycles. The predicted octanol–water partition coefficient (Wildman–Crippen LogP) is 0.755. The maximum Gasteiger partial charge on any atom is 0.424 e. The van der Waals surface area contributed by atoms with Crippen molar-refractivity contribution in [1.82, 2.24) is 0 Å². The first-order valence-electron chi connectivity index (χ1n) is 4.05. The van der Waals surface area contributed by atoms with Crippen molar-refractivity contribution < 1.29 is 21.5 Å². The molecule has 0 N–H and O–H groups in total. The number of benzene rings is 1. The number of ether oxygens (including phenoxy) is 1. The molecular weight excluding hydrogens is 242 g/mol. The molecule has 0 saturated carbocycles. The molecule has 0 radical (unpaired) electrons. The minimum absolute atomic E-state index is 0. The van der Waals surface area contributed by atoms with Crippen LogP contribution in [0, 0.1) is 11.2 Å². The second-order valence-electron chi connectivity index (χ2n) is 3.00. The van der Waals surface area contributed by atoms with Gasteiger partial charge in [0.15, 0.2) is 4.98 Å². The Labute approximate surface area is 98.2 Å². The summed E-state index contributed by atoms with van der Waals surface area (Å²) in [5, 5.41) is 8.61. The monoisotopic (exact) mass is 250 g/mol. The molecule has 1 aromatic rings. The van der Waals surface area contributed by atoms with Crippen molar-refractivity contribution in [2.75, 3.05) is 0 Å². The van der Waals surface area contributed by atoms with Gasteiger partial charge in [-0.3, -0.25) is 0 Å². The zero-order valence-electron chi connectivity index (χ0n) is 8.17. The highest BCUT2D eigenvalue weighted by Crippen LogP contribution is 2.32. The molecule has 0 aromatic heterocycles. The van der Waals surface area contributed by atoms with Crippen LogP contribution in [0.25, 0.3) is 4.98 Å². The normalized spacial score (nSPS) is 9.33. The van der Waals surface area contributed by atoms with Crippen molar-refractivity contribution >= 4 is 17.3 Å². The Morgan fingerprint density at radius 3 is 2.53 bits per heavy atom. The van der Waals surface area contributed by atoms with Gasteiger partial charge in [-0.25, -0.2) is 0 Å². The number of nitrogens with zero attached hydrogens (tertiary/aromatic N) is 2. The third-order valence-corrected chi connectivity index (χ3v) is 1.77. The van der Waals surface area contributed by atoms with E-state index in [-0.39, 0.29) is 29.2 Å². The fraction of sp³-hybridized carbons (Fsp3) is 0.333. The maximum atomic E-state index is 13.0. The molecule has 6 heteroatoms. The van der Waals surface area contributed by atoms with E-state index in [1.165, 1.54) is 6.07 Å². The molecule has 0 bridgehead atoms. The lowest BCUT2D eigenvalue weighted by atomic mass is 10.3. The van der Waals surface area contributed by atoms with E-state index in [0.717, 1.165) is 6.07 Å². The van der Waals surface area contributed by atoms with Crippen molar-refractivity contribution in [2.24, 2.45) is 0 Å². The molecule has 0 spiro atoms. The van der Waals surface area contributed by atoms with Gasteiger partial charge >= 0.3 is 5.69 Å². The smallest absolute Gasteiger partial charge is 0.424 e. The standard InChI is InChI=1S/C9H9ClFN2O.ClH/c1-5(2)14-9-4-8(13-12)7(11)3-6(9)10;/h3-5H,1-2H3;1H/q+1;/p-1. The SMILES string of the molecule is CC(C)Oc1cc([N+]#N)c(F)cc1Cl.[Cl-]. The summed E-state index contributed by atoms with van der Waals surface area (Å²) in [6.07, 6.45) is -0.0792. The number of hydrogen-bond acceptors (Lipinski definition) is 2. The summed E-state index contributed by atoms with van der Waals surface area (Å²) in [6, 6.07) is 2.30. The van der Waals surface area contributed by atoms with E-state index >= 15 is 0 Å². The topological polar surface area (TPSA) is 37.4 Å². The lowest BCUT2D eigenvalue weighted by molar-refractivity contribution is -0.00000487. The second-order valence-corrected chi connectivity index (χ2v) is 3.41. The van der Waals surface area contributed by atoms with E-state index in [1.54, 1.807) is 0 Å². The van der Waals surface area contributed by atoms with Crippen LogP contribution in [0.5, 0.6) is 5.75 Å². The van der Waals surface area contributed by atoms with Crippen LogP contribution in [0.2, 0.25) is 5.02 Å². The molecule has 0 fully saturated rings. The van der Waals surface area contributed by atoms with Crippen LogP contribution < -0.4 is 17.1 Å². The van der Waals surface area contributed by atoms with Gasteiger partial charge in [-0.2, -0.15) is 4.39 Å². The average Bonchev–Trinajstić information content (AvgIpc) is 2.09. The van der Waals surface area contributed by atoms with Crippen LogP contribution in [0.3, 0.4) is 0 Å². The first-order valence-corrected chi connectivity index (χ1v) is 4.43. The van der Waals surface area contributed by atoms with Crippen LogP contribution >= 0.6 is 11.6 Å². The molecule has 0 aliphatic heterocycles. The Morgan fingerprint density at radius 2 is 2.07 bits per heavy atom. The highest BCUT2D eigenvalue weighted by molar-refractivity contribution is 6.32. The molecule has 0 aliphatic carbocycles. The van der Waals surface area contributed by atoms with Crippen LogP contribution in [0.15, 0.2) is 12.1 Å². The van der Waals surface area contributed by atoms with Crippen molar-refractivity contribution in [3.63, 3.8) is 0 Å². The summed E-state index contributed by atoms with van der Waals surface area (Å²) in [5.74, 6) is -0.385. The molecule has 15 heavy (non-hydrogen) atoms. The van der Waals surface area contributed by atoms with E-state index in [2.05, 4.69) is 4.98 Å². The van der Waals surface area contributed by atoms with Gasteiger partial charge in [0.05, 0.1) is 17.2 Å². The molecule has 0 atom stereocenters. The minimum atomic E-state index is -0.686. The summed E-state index contributed by atoms with van der Waals surface area (Å²) in [6.45, 7) is 3.63. The van der Waals surface area contributed by atoms with Crippen molar-refractivity contribution in [1.29, 1.82) is 5.39 Å². The Hall–Kier alpha value is -1.05. The van der Waals surface area contributed by atoms with Crippen molar-refractivity contribution in [3.8, 4) is 5.75 Å². The van der Waals surface area contributed by atoms with Gasteiger partial charge in [-0.1, -0.05) is 11.6 Å². The van der Waals surface area contributed by atoms with E-state index in [9.17, 15) is 4.39 Å². The largest absolute Gasteiger partial charge is 1.00 e. The number of rotatable bonds is 2. The van der Waals surface area contributed by atoms with E-state index in [0.29, 0.717) is 5.75 Å². The first-order chi connectivity index (χ1) is 6.54. The van der Waals surface area contributed by atoms with Gasteiger partial charge in [0, 0.05) is 6.07 Å². The highest BCUT2D eigenvalue weighted by atomic mass is 35.5. The Bertz CT molecular complexity index is 390. The zero-order chi connectivity index (χ0) is 10.7. The molecule has 0 unspecified atom stereocenters.